The van der Waals surface area contributed by atoms with Crippen molar-refractivity contribution in [1.82, 2.24) is 14.9 Å². The van der Waals surface area contributed by atoms with Crippen molar-refractivity contribution in [2.45, 2.75) is 12.1 Å². The van der Waals surface area contributed by atoms with Crippen LogP contribution >= 0.6 is 34.4 Å². The molecule has 27 heavy (non-hydrogen) atoms. The Kier molecular flexibility index (Phi) is 6.11. The Labute approximate surface area is 173 Å². The Bertz CT molecular complexity index is 1040. The van der Waals surface area contributed by atoms with Crippen LogP contribution in [0.25, 0.3) is 11.3 Å². The van der Waals surface area contributed by atoms with Gasteiger partial charge < -0.3 is 11.2 Å². The molecule has 9 heteroatoms. The molecule has 0 fully saturated rings. The lowest BCUT2D eigenvalue weighted by Gasteiger charge is -2.10. The summed E-state index contributed by atoms with van der Waals surface area (Å²) in [6.45, 7) is 1.93. The van der Waals surface area contributed by atoms with Gasteiger partial charge in [-0.1, -0.05) is 42.1 Å². The van der Waals surface area contributed by atoms with E-state index in [1.54, 1.807) is 24.3 Å². The molecule has 3 aromatic rings. The standard InChI is InChI=1S/C18H16IN5O2S/c1-11-9-13(19)7-8-14(11)21-15(25)10-27-18-23-22-16(17(26)24(18)20)12-5-3-2-4-6-12/h2-9H,10,20H2,1H3,(H,21,25). The van der Waals surface area contributed by atoms with Gasteiger partial charge in [-0.2, -0.15) is 4.68 Å². The predicted octanol–water partition coefficient (Wildman–Crippen LogP) is 2.66. The highest BCUT2D eigenvalue weighted by Crippen LogP contribution is 2.19. The number of thioether (sulfide) groups is 1. The molecule has 2 aromatic carbocycles. The number of nitrogens with one attached hydrogen (secondary N) is 1. The third-order valence-corrected chi connectivity index (χ3v) is 5.32. The summed E-state index contributed by atoms with van der Waals surface area (Å²) in [4.78, 5) is 24.6. The number of carbonyl (C=O) groups excluding carboxylic acids is 1. The van der Waals surface area contributed by atoms with E-state index in [0.717, 1.165) is 31.3 Å². The number of aryl methyl sites for hydroxylation is 1. The molecule has 1 aromatic heterocycles. The summed E-state index contributed by atoms with van der Waals surface area (Å²) < 4.78 is 2.02. The number of aromatic nitrogens is 3. The quantitative estimate of drug-likeness (QED) is 0.322. The van der Waals surface area contributed by atoms with E-state index in [1.807, 2.05) is 31.2 Å². The van der Waals surface area contributed by atoms with Gasteiger partial charge in [0.2, 0.25) is 11.1 Å². The molecule has 138 valence electrons. The largest absolute Gasteiger partial charge is 0.334 e. The molecule has 0 atom stereocenters. The van der Waals surface area contributed by atoms with Crippen molar-refractivity contribution in [3.05, 3.63) is 68.0 Å². The summed E-state index contributed by atoms with van der Waals surface area (Å²) in [6, 6.07) is 14.7. The van der Waals surface area contributed by atoms with Crippen LogP contribution in [0.2, 0.25) is 0 Å². The molecule has 1 amide bonds. The first kappa shape index (κ1) is 19.4. The Hall–Kier alpha value is -2.40. The fourth-order valence-electron chi connectivity index (χ4n) is 2.34. The topological polar surface area (TPSA) is 103 Å². The lowest BCUT2D eigenvalue weighted by atomic mass is 10.2. The van der Waals surface area contributed by atoms with Crippen LogP contribution in [-0.4, -0.2) is 26.5 Å². The van der Waals surface area contributed by atoms with Crippen molar-refractivity contribution < 1.29 is 4.79 Å². The number of amides is 1. The summed E-state index contributed by atoms with van der Waals surface area (Å²) in [5.41, 5.74) is 2.06. The first-order valence-corrected chi connectivity index (χ1v) is 10.0. The minimum atomic E-state index is -0.465. The summed E-state index contributed by atoms with van der Waals surface area (Å²) in [6.07, 6.45) is 0. The smallest absolute Gasteiger partial charge is 0.299 e. The van der Waals surface area contributed by atoms with E-state index in [0.29, 0.717) is 5.56 Å². The summed E-state index contributed by atoms with van der Waals surface area (Å²) in [5, 5.41) is 11.0. The van der Waals surface area contributed by atoms with Crippen LogP contribution in [-0.2, 0) is 4.79 Å². The Balaban J connectivity index is 1.70. The van der Waals surface area contributed by atoms with Crippen LogP contribution in [0.1, 0.15) is 5.56 Å². The van der Waals surface area contributed by atoms with Crippen LogP contribution < -0.4 is 16.7 Å². The van der Waals surface area contributed by atoms with E-state index in [9.17, 15) is 9.59 Å². The minimum Gasteiger partial charge on any atom is -0.334 e. The minimum absolute atomic E-state index is 0.0570. The number of rotatable bonds is 5. The van der Waals surface area contributed by atoms with Crippen molar-refractivity contribution in [3.8, 4) is 11.3 Å². The number of nitrogen functional groups attached to an aromatic ring is 1. The normalized spacial score (nSPS) is 10.6. The monoisotopic (exact) mass is 493 g/mol. The molecule has 0 aliphatic rings. The zero-order valence-corrected chi connectivity index (χ0v) is 17.3. The van der Waals surface area contributed by atoms with Crippen LogP contribution in [0.3, 0.4) is 0 Å². The molecular weight excluding hydrogens is 477 g/mol. The van der Waals surface area contributed by atoms with E-state index in [2.05, 4.69) is 38.1 Å². The molecule has 0 aliphatic heterocycles. The zero-order valence-electron chi connectivity index (χ0n) is 14.3. The molecule has 0 unspecified atom stereocenters. The van der Waals surface area contributed by atoms with Gasteiger partial charge >= 0.3 is 0 Å². The molecule has 3 N–H and O–H groups in total. The number of hydrogen-bond acceptors (Lipinski definition) is 6. The number of halogens is 1. The van der Waals surface area contributed by atoms with Crippen molar-refractivity contribution in [1.29, 1.82) is 0 Å². The van der Waals surface area contributed by atoms with Crippen LogP contribution in [0, 0.1) is 10.5 Å². The Morgan fingerprint density at radius 3 is 2.67 bits per heavy atom. The summed E-state index contributed by atoms with van der Waals surface area (Å²) in [5.74, 6) is 5.69. The third kappa shape index (κ3) is 4.66. The maximum absolute atomic E-state index is 12.4. The maximum atomic E-state index is 12.4. The Morgan fingerprint density at radius 1 is 1.22 bits per heavy atom. The Morgan fingerprint density at radius 2 is 1.96 bits per heavy atom. The van der Waals surface area contributed by atoms with Crippen LogP contribution in [0.5, 0.6) is 0 Å². The van der Waals surface area contributed by atoms with Crippen molar-refractivity contribution >= 4 is 45.9 Å². The lowest BCUT2D eigenvalue weighted by Crippen LogP contribution is -2.32. The van der Waals surface area contributed by atoms with E-state index >= 15 is 0 Å². The lowest BCUT2D eigenvalue weighted by molar-refractivity contribution is -0.113. The third-order valence-electron chi connectivity index (χ3n) is 3.71. The van der Waals surface area contributed by atoms with Crippen LogP contribution in [0.4, 0.5) is 5.69 Å². The molecular formula is C18H16IN5O2S. The van der Waals surface area contributed by atoms with Gasteiger partial charge in [0.15, 0.2) is 5.69 Å². The molecule has 7 nitrogen and oxygen atoms in total. The van der Waals surface area contributed by atoms with E-state index in [1.165, 1.54) is 0 Å². The van der Waals surface area contributed by atoms with Gasteiger partial charge in [0.1, 0.15) is 0 Å². The van der Waals surface area contributed by atoms with Gasteiger partial charge in [0, 0.05) is 14.8 Å². The maximum Gasteiger partial charge on any atom is 0.299 e. The van der Waals surface area contributed by atoms with E-state index in [4.69, 9.17) is 5.84 Å². The second kappa shape index (κ2) is 8.53. The highest BCUT2D eigenvalue weighted by Gasteiger charge is 2.14. The van der Waals surface area contributed by atoms with Gasteiger partial charge in [-0.25, -0.2) is 0 Å². The van der Waals surface area contributed by atoms with Gasteiger partial charge in [-0.3, -0.25) is 9.59 Å². The number of anilines is 1. The second-order valence-corrected chi connectivity index (χ2v) is 7.86. The first-order valence-electron chi connectivity index (χ1n) is 7.94. The number of carbonyl (C=O) groups is 1. The molecule has 0 saturated carbocycles. The second-order valence-electron chi connectivity index (χ2n) is 5.67. The SMILES string of the molecule is Cc1cc(I)ccc1NC(=O)CSc1nnc(-c2ccccc2)c(=O)n1N. The fourth-order valence-corrected chi connectivity index (χ4v) is 3.64. The van der Waals surface area contributed by atoms with E-state index in [-0.39, 0.29) is 22.5 Å². The molecule has 0 saturated heterocycles. The molecule has 3 rings (SSSR count). The molecule has 1 heterocycles. The number of nitrogens with zero attached hydrogens (tertiary/aromatic N) is 3. The number of hydrogen-bond donors (Lipinski definition) is 2. The van der Waals surface area contributed by atoms with Gasteiger partial charge in [0.25, 0.3) is 5.56 Å². The van der Waals surface area contributed by atoms with Gasteiger partial charge in [0.05, 0.1) is 5.75 Å². The van der Waals surface area contributed by atoms with E-state index < -0.39 is 5.56 Å². The average molecular weight is 493 g/mol. The highest BCUT2D eigenvalue weighted by atomic mass is 127. The van der Waals surface area contributed by atoms with Crippen LogP contribution in [0.15, 0.2) is 58.5 Å². The predicted molar refractivity (Wildman–Crippen MR) is 115 cm³/mol. The fraction of sp³-hybridized carbons (Fsp3) is 0.111. The average Bonchev–Trinajstić information content (AvgIpc) is 2.66. The number of nitrogens with two attached hydrogens (primary N) is 1. The van der Waals surface area contributed by atoms with Crippen molar-refractivity contribution in [2.24, 2.45) is 0 Å². The van der Waals surface area contributed by atoms with Gasteiger partial charge in [-0.05, 0) is 53.3 Å². The number of benzene rings is 2. The molecule has 0 aliphatic carbocycles. The summed E-state index contributed by atoms with van der Waals surface area (Å²) >= 11 is 3.27. The van der Waals surface area contributed by atoms with Gasteiger partial charge in [-0.15, -0.1) is 10.2 Å². The molecule has 0 radical (unpaired) electrons. The highest BCUT2D eigenvalue weighted by molar-refractivity contribution is 14.1. The zero-order chi connectivity index (χ0) is 19.4. The van der Waals surface area contributed by atoms with Crippen molar-refractivity contribution in [3.63, 3.8) is 0 Å². The first-order chi connectivity index (χ1) is 13.0. The van der Waals surface area contributed by atoms with Crippen molar-refractivity contribution in [2.75, 3.05) is 16.9 Å². The molecule has 0 spiro atoms. The summed E-state index contributed by atoms with van der Waals surface area (Å²) in [7, 11) is 0. The molecule has 0 bridgehead atoms.